The zero-order valence-electron chi connectivity index (χ0n) is 9.90. The van der Waals surface area contributed by atoms with Gasteiger partial charge in [-0.2, -0.15) is 5.10 Å². The van der Waals surface area contributed by atoms with Crippen molar-refractivity contribution >= 4 is 11.6 Å². The molecule has 0 spiro atoms. The predicted octanol–water partition coefficient (Wildman–Crippen LogP) is 2.40. The Morgan fingerprint density at radius 3 is 2.88 bits per heavy atom. The zero-order chi connectivity index (χ0) is 11.4. The first-order valence-corrected chi connectivity index (χ1v) is 6.60. The van der Waals surface area contributed by atoms with Gasteiger partial charge in [-0.1, -0.05) is 6.42 Å². The van der Waals surface area contributed by atoms with Crippen LogP contribution in [0.25, 0.3) is 0 Å². The van der Waals surface area contributed by atoms with Gasteiger partial charge in [0.2, 0.25) is 0 Å². The Balaban J connectivity index is 1.90. The first-order valence-electron chi connectivity index (χ1n) is 6.07. The Morgan fingerprint density at radius 2 is 2.38 bits per heavy atom. The second-order valence-electron chi connectivity index (χ2n) is 4.62. The first-order chi connectivity index (χ1) is 7.79. The van der Waals surface area contributed by atoms with E-state index in [-0.39, 0.29) is 0 Å². The molecule has 1 aliphatic carbocycles. The lowest BCUT2D eigenvalue weighted by Gasteiger charge is -2.37. The van der Waals surface area contributed by atoms with Crippen molar-refractivity contribution in [1.82, 2.24) is 14.7 Å². The molecular formula is C12H20ClN3. The third-order valence-electron chi connectivity index (χ3n) is 3.31. The van der Waals surface area contributed by atoms with Gasteiger partial charge in [0.05, 0.1) is 6.20 Å². The Hall–Kier alpha value is -0.540. The smallest absolute Gasteiger partial charge is 0.0534 e. The lowest BCUT2D eigenvalue weighted by molar-refractivity contribution is 0.120. The van der Waals surface area contributed by atoms with E-state index >= 15 is 0 Å². The summed E-state index contributed by atoms with van der Waals surface area (Å²) in [7, 11) is 1.97. The summed E-state index contributed by atoms with van der Waals surface area (Å²) in [6, 6.07) is 0.781. The van der Waals surface area contributed by atoms with Gasteiger partial charge in [-0.3, -0.25) is 9.58 Å². The third-order valence-corrected chi connectivity index (χ3v) is 3.58. The maximum absolute atomic E-state index is 5.78. The molecule has 1 aromatic heterocycles. The highest BCUT2D eigenvalue weighted by Crippen LogP contribution is 2.26. The fourth-order valence-electron chi connectivity index (χ4n) is 2.19. The SMILES string of the molecule is Cn1cc(CN(CCCCl)C2CCC2)cn1. The van der Waals surface area contributed by atoms with Crippen LogP contribution in [-0.2, 0) is 13.6 Å². The third kappa shape index (κ3) is 2.98. The van der Waals surface area contributed by atoms with Crippen molar-refractivity contribution < 1.29 is 0 Å². The van der Waals surface area contributed by atoms with Crippen molar-refractivity contribution in [3.05, 3.63) is 18.0 Å². The van der Waals surface area contributed by atoms with E-state index in [1.807, 2.05) is 17.9 Å². The number of nitrogens with zero attached hydrogens (tertiary/aromatic N) is 3. The fourth-order valence-corrected chi connectivity index (χ4v) is 2.31. The average molecular weight is 242 g/mol. The number of rotatable bonds is 6. The highest BCUT2D eigenvalue weighted by Gasteiger charge is 2.24. The van der Waals surface area contributed by atoms with Crippen molar-refractivity contribution in [2.75, 3.05) is 12.4 Å². The van der Waals surface area contributed by atoms with E-state index in [2.05, 4.69) is 16.2 Å². The number of halogens is 1. The zero-order valence-corrected chi connectivity index (χ0v) is 10.7. The van der Waals surface area contributed by atoms with E-state index in [0.29, 0.717) is 0 Å². The van der Waals surface area contributed by atoms with Gasteiger partial charge in [-0.15, -0.1) is 11.6 Å². The molecular weight excluding hydrogens is 222 g/mol. The normalized spacial score (nSPS) is 16.7. The standard InChI is InChI=1S/C12H20ClN3/c1-15-9-11(8-14-15)10-16(7-3-6-13)12-4-2-5-12/h8-9,12H,2-7,10H2,1H3. The van der Waals surface area contributed by atoms with Crippen molar-refractivity contribution in [1.29, 1.82) is 0 Å². The molecule has 2 rings (SSSR count). The molecule has 1 heterocycles. The lowest BCUT2D eigenvalue weighted by Crippen LogP contribution is -2.40. The van der Waals surface area contributed by atoms with Crippen LogP contribution in [0.5, 0.6) is 0 Å². The van der Waals surface area contributed by atoms with Crippen LogP contribution in [0, 0.1) is 0 Å². The Kier molecular flexibility index (Phi) is 4.24. The van der Waals surface area contributed by atoms with Crippen LogP contribution in [0.2, 0.25) is 0 Å². The molecule has 0 saturated heterocycles. The molecule has 0 unspecified atom stereocenters. The average Bonchev–Trinajstić information content (AvgIpc) is 2.58. The quantitative estimate of drug-likeness (QED) is 0.714. The molecule has 1 aromatic rings. The number of aromatic nitrogens is 2. The second kappa shape index (κ2) is 5.69. The van der Waals surface area contributed by atoms with E-state index in [9.17, 15) is 0 Å². The van der Waals surface area contributed by atoms with E-state index in [4.69, 9.17) is 11.6 Å². The summed E-state index contributed by atoms with van der Waals surface area (Å²) in [5, 5.41) is 4.22. The first kappa shape index (κ1) is 11.9. The lowest BCUT2D eigenvalue weighted by atomic mass is 9.91. The molecule has 0 atom stereocenters. The van der Waals surface area contributed by atoms with E-state index in [0.717, 1.165) is 31.4 Å². The van der Waals surface area contributed by atoms with E-state index < -0.39 is 0 Å². The minimum absolute atomic E-state index is 0.760. The molecule has 1 aliphatic rings. The summed E-state index contributed by atoms with van der Waals surface area (Å²) in [6.45, 7) is 2.14. The summed E-state index contributed by atoms with van der Waals surface area (Å²) >= 11 is 5.78. The van der Waals surface area contributed by atoms with Crippen LogP contribution in [0.3, 0.4) is 0 Å². The molecule has 0 bridgehead atoms. The van der Waals surface area contributed by atoms with Gasteiger partial charge < -0.3 is 0 Å². The summed E-state index contributed by atoms with van der Waals surface area (Å²) in [6.07, 6.45) is 9.23. The maximum atomic E-state index is 5.78. The number of aryl methyl sites for hydroxylation is 1. The van der Waals surface area contributed by atoms with Crippen molar-refractivity contribution in [3.63, 3.8) is 0 Å². The van der Waals surface area contributed by atoms with Crippen LogP contribution in [0.4, 0.5) is 0 Å². The molecule has 0 amide bonds. The summed E-state index contributed by atoms with van der Waals surface area (Å²) in [4.78, 5) is 2.56. The highest BCUT2D eigenvalue weighted by atomic mass is 35.5. The number of alkyl halides is 1. The maximum Gasteiger partial charge on any atom is 0.0534 e. The van der Waals surface area contributed by atoms with Crippen molar-refractivity contribution in [2.24, 2.45) is 7.05 Å². The summed E-state index contributed by atoms with van der Waals surface area (Å²) in [5.41, 5.74) is 1.31. The van der Waals surface area contributed by atoms with Crippen LogP contribution in [0.1, 0.15) is 31.2 Å². The van der Waals surface area contributed by atoms with Crippen molar-refractivity contribution in [3.8, 4) is 0 Å². The fraction of sp³-hybridized carbons (Fsp3) is 0.750. The second-order valence-corrected chi connectivity index (χ2v) is 5.00. The van der Waals surface area contributed by atoms with Crippen LogP contribution >= 0.6 is 11.6 Å². The molecule has 0 radical (unpaired) electrons. The minimum atomic E-state index is 0.760. The highest BCUT2D eigenvalue weighted by molar-refractivity contribution is 6.17. The topological polar surface area (TPSA) is 21.1 Å². The van der Waals surface area contributed by atoms with E-state index in [1.54, 1.807) is 0 Å². The number of hydrogen-bond donors (Lipinski definition) is 0. The molecule has 4 heteroatoms. The Morgan fingerprint density at radius 1 is 1.56 bits per heavy atom. The molecule has 0 N–H and O–H groups in total. The van der Waals surface area contributed by atoms with Crippen LogP contribution in [-0.4, -0.2) is 33.1 Å². The van der Waals surface area contributed by atoms with Gasteiger partial charge in [-0.05, 0) is 25.8 Å². The van der Waals surface area contributed by atoms with Gasteiger partial charge in [0.25, 0.3) is 0 Å². The molecule has 1 saturated carbocycles. The molecule has 0 aromatic carbocycles. The van der Waals surface area contributed by atoms with Gasteiger partial charge >= 0.3 is 0 Å². The van der Waals surface area contributed by atoms with Crippen molar-refractivity contribution in [2.45, 2.75) is 38.3 Å². The molecule has 1 fully saturated rings. The molecule has 16 heavy (non-hydrogen) atoms. The molecule has 0 aliphatic heterocycles. The predicted molar refractivity (Wildman–Crippen MR) is 66.6 cm³/mol. The summed E-state index contributed by atoms with van der Waals surface area (Å²) in [5.74, 6) is 0.760. The molecule has 3 nitrogen and oxygen atoms in total. The van der Waals surface area contributed by atoms with Gasteiger partial charge in [-0.25, -0.2) is 0 Å². The monoisotopic (exact) mass is 241 g/mol. The van der Waals surface area contributed by atoms with Crippen LogP contribution in [0.15, 0.2) is 12.4 Å². The minimum Gasteiger partial charge on any atom is -0.296 e. The summed E-state index contributed by atoms with van der Waals surface area (Å²) < 4.78 is 1.87. The van der Waals surface area contributed by atoms with E-state index in [1.165, 1.54) is 24.8 Å². The van der Waals surface area contributed by atoms with Gasteiger partial charge in [0.1, 0.15) is 0 Å². The largest absolute Gasteiger partial charge is 0.296 e. The van der Waals surface area contributed by atoms with Gasteiger partial charge in [0, 0.05) is 37.3 Å². The molecule has 90 valence electrons. The number of hydrogen-bond acceptors (Lipinski definition) is 2. The van der Waals surface area contributed by atoms with Crippen LogP contribution < -0.4 is 0 Å². The van der Waals surface area contributed by atoms with Gasteiger partial charge in [0.15, 0.2) is 0 Å². The Bertz CT molecular complexity index is 320. The Labute approximate surface area is 102 Å².